The summed E-state index contributed by atoms with van der Waals surface area (Å²) in [6, 6.07) is 8.69. The van der Waals surface area contributed by atoms with Gasteiger partial charge in [-0.3, -0.25) is 9.89 Å². The summed E-state index contributed by atoms with van der Waals surface area (Å²) in [6.07, 6.45) is 8.00. The molecule has 1 atom stereocenters. The van der Waals surface area contributed by atoms with Gasteiger partial charge in [-0.1, -0.05) is 31.0 Å². The first-order valence-corrected chi connectivity index (χ1v) is 10.1. The monoisotopic (exact) mass is 486 g/mol. The fraction of sp³-hybridized carbons (Fsp3) is 0.667. The molecular weight excluding hydrogens is 451 g/mol. The Hall–Kier alpha value is -1.02. The number of hydrogen-bond donors (Lipinski definition) is 2. The van der Waals surface area contributed by atoms with Crippen molar-refractivity contribution in [2.75, 3.05) is 40.3 Å². The van der Waals surface area contributed by atoms with Crippen LogP contribution in [-0.4, -0.2) is 51.2 Å². The van der Waals surface area contributed by atoms with Crippen molar-refractivity contribution in [2.24, 2.45) is 10.9 Å². The number of para-hydroxylation sites is 1. The summed E-state index contributed by atoms with van der Waals surface area (Å²) in [5.74, 6) is 2.87. The topological polar surface area (TPSA) is 48.9 Å². The molecule has 1 saturated heterocycles. The predicted octanol–water partition coefficient (Wildman–Crippen LogP) is 3.81. The Kier molecular flexibility index (Phi) is 9.68. The van der Waals surface area contributed by atoms with E-state index in [9.17, 15) is 0 Å². The highest BCUT2D eigenvalue weighted by Gasteiger charge is 2.26. The number of nitrogens with zero attached hydrogens (tertiary/aromatic N) is 2. The molecule has 2 N–H and O–H groups in total. The molecule has 6 heteroatoms. The van der Waals surface area contributed by atoms with Gasteiger partial charge in [0, 0.05) is 25.7 Å². The Bertz CT molecular complexity index is 585. The summed E-state index contributed by atoms with van der Waals surface area (Å²) in [4.78, 5) is 6.96. The molecule has 1 saturated carbocycles. The number of benzene rings is 1. The molecular formula is C21H35IN4O. The quantitative estimate of drug-likeness (QED) is 0.241. The number of rotatable bonds is 9. The van der Waals surface area contributed by atoms with Crippen LogP contribution >= 0.6 is 24.0 Å². The first kappa shape index (κ1) is 22.3. The molecule has 1 heterocycles. The average molecular weight is 486 g/mol. The van der Waals surface area contributed by atoms with E-state index in [1.165, 1.54) is 44.1 Å². The minimum Gasteiger partial charge on any atom is -0.496 e. The molecule has 1 aromatic carbocycles. The standard InChI is InChI=1S/C21H34N4O.HI/c1-22-21(23-13-7-8-17-11-12-17)24-16-19(25-14-5-6-15-25)18-9-3-4-10-20(18)26-2;/h3-4,9-10,17,19H,5-8,11-16H2,1-2H3,(H2,22,23,24);1H. The lowest BCUT2D eigenvalue weighted by Crippen LogP contribution is -2.43. The molecule has 0 spiro atoms. The van der Waals surface area contributed by atoms with Gasteiger partial charge in [-0.15, -0.1) is 24.0 Å². The number of likely N-dealkylation sites (tertiary alicyclic amines) is 1. The van der Waals surface area contributed by atoms with Crippen molar-refractivity contribution in [3.63, 3.8) is 0 Å². The van der Waals surface area contributed by atoms with Gasteiger partial charge in [-0.2, -0.15) is 0 Å². The minimum absolute atomic E-state index is 0. The molecule has 2 aliphatic rings. The second kappa shape index (κ2) is 11.7. The van der Waals surface area contributed by atoms with E-state index < -0.39 is 0 Å². The number of ether oxygens (including phenoxy) is 1. The smallest absolute Gasteiger partial charge is 0.191 e. The predicted molar refractivity (Wildman–Crippen MR) is 123 cm³/mol. The Balaban J connectivity index is 0.00000261. The molecule has 1 unspecified atom stereocenters. The first-order valence-electron chi connectivity index (χ1n) is 10.1. The molecule has 5 nitrogen and oxygen atoms in total. The van der Waals surface area contributed by atoms with Gasteiger partial charge >= 0.3 is 0 Å². The van der Waals surface area contributed by atoms with Gasteiger partial charge in [-0.05, 0) is 50.8 Å². The van der Waals surface area contributed by atoms with Crippen LogP contribution in [0.4, 0.5) is 0 Å². The maximum absolute atomic E-state index is 5.63. The lowest BCUT2D eigenvalue weighted by atomic mass is 10.0. The normalized spacial score (nSPS) is 18.7. The highest BCUT2D eigenvalue weighted by molar-refractivity contribution is 14.0. The SMILES string of the molecule is CN=C(NCCCC1CC1)NCC(c1ccccc1OC)N1CCCC1.I. The lowest BCUT2D eigenvalue weighted by molar-refractivity contribution is 0.239. The number of aliphatic imine (C=N–C) groups is 1. The number of guanidine groups is 1. The van der Waals surface area contributed by atoms with E-state index in [1.54, 1.807) is 7.11 Å². The van der Waals surface area contributed by atoms with E-state index in [4.69, 9.17) is 4.74 Å². The van der Waals surface area contributed by atoms with Crippen LogP contribution in [0.25, 0.3) is 0 Å². The van der Waals surface area contributed by atoms with Crippen molar-refractivity contribution in [3.8, 4) is 5.75 Å². The summed E-state index contributed by atoms with van der Waals surface area (Å²) in [7, 11) is 3.61. The van der Waals surface area contributed by atoms with Gasteiger partial charge in [0.2, 0.25) is 0 Å². The summed E-state index contributed by atoms with van der Waals surface area (Å²) in [5.41, 5.74) is 1.26. The third-order valence-electron chi connectivity index (χ3n) is 5.54. The minimum atomic E-state index is 0. The van der Waals surface area contributed by atoms with Crippen LogP contribution in [0.3, 0.4) is 0 Å². The Morgan fingerprint density at radius 2 is 1.96 bits per heavy atom. The molecule has 1 aliphatic heterocycles. The van der Waals surface area contributed by atoms with Gasteiger partial charge in [0.1, 0.15) is 5.75 Å². The van der Waals surface area contributed by atoms with Crippen molar-refractivity contribution < 1.29 is 4.74 Å². The average Bonchev–Trinajstić information content (AvgIpc) is 3.35. The molecule has 0 radical (unpaired) electrons. The first-order chi connectivity index (χ1) is 12.8. The zero-order chi connectivity index (χ0) is 18.2. The van der Waals surface area contributed by atoms with Crippen molar-refractivity contribution in [3.05, 3.63) is 29.8 Å². The van der Waals surface area contributed by atoms with E-state index >= 15 is 0 Å². The highest BCUT2D eigenvalue weighted by atomic mass is 127. The Labute approximate surface area is 181 Å². The fourth-order valence-electron chi connectivity index (χ4n) is 3.85. The van der Waals surface area contributed by atoms with Gasteiger partial charge in [-0.25, -0.2) is 0 Å². The van der Waals surface area contributed by atoms with Crippen molar-refractivity contribution >= 4 is 29.9 Å². The maximum Gasteiger partial charge on any atom is 0.191 e. The number of methoxy groups -OCH3 is 1. The second-order valence-corrected chi connectivity index (χ2v) is 7.47. The van der Waals surface area contributed by atoms with Crippen LogP contribution in [0.5, 0.6) is 5.75 Å². The zero-order valence-electron chi connectivity index (χ0n) is 16.7. The third-order valence-corrected chi connectivity index (χ3v) is 5.54. The van der Waals surface area contributed by atoms with Crippen LogP contribution < -0.4 is 15.4 Å². The molecule has 1 aliphatic carbocycles. The summed E-state index contributed by atoms with van der Waals surface area (Å²) in [6.45, 7) is 4.14. The number of halogens is 1. The van der Waals surface area contributed by atoms with E-state index in [0.29, 0.717) is 6.04 Å². The molecule has 0 bridgehead atoms. The van der Waals surface area contributed by atoms with Gasteiger partial charge in [0.05, 0.1) is 13.2 Å². The molecule has 27 heavy (non-hydrogen) atoms. The maximum atomic E-state index is 5.63. The summed E-state index contributed by atoms with van der Waals surface area (Å²) >= 11 is 0. The van der Waals surface area contributed by atoms with Gasteiger partial charge < -0.3 is 15.4 Å². The highest BCUT2D eigenvalue weighted by Crippen LogP contribution is 2.33. The van der Waals surface area contributed by atoms with E-state index in [2.05, 4.69) is 38.7 Å². The molecule has 0 aromatic heterocycles. The summed E-state index contributed by atoms with van der Waals surface area (Å²) in [5, 5.41) is 7.01. The van der Waals surface area contributed by atoms with Crippen LogP contribution in [0, 0.1) is 5.92 Å². The van der Waals surface area contributed by atoms with Gasteiger partial charge in [0.15, 0.2) is 5.96 Å². The van der Waals surface area contributed by atoms with E-state index in [0.717, 1.165) is 43.8 Å². The Morgan fingerprint density at radius 1 is 1.22 bits per heavy atom. The van der Waals surface area contributed by atoms with Crippen LogP contribution in [0.2, 0.25) is 0 Å². The largest absolute Gasteiger partial charge is 0.496 e. The zero-order valence-corrected chi connectivity index (χ0v) is 19.1. The number of nitrogens with one attached hydrogen (secondary N) is 2. The second-order valence-electron chi connectivity index (χ2n) is 7.47. The summed E-state index contributed by atoms with van der Waals surface area (Å²) < 4.78 is 5.63. The molecule has 3 rings (SSSR count). The van der Waals surface area contributed by atoms with Crippen molar-refractivity contribution in [1.29, 1.82) is 0 Å². The molecule has 1 aromatic rings. The fourth-order valence-corrected chi connectivity index (χ4v) is 3.85. The van der Waals surface area contributed by atoms with Gasteiger partial charge in [0.25, 0.3) is 0 Å². The van der Waals surface area contributed by atoms with Crippen LogP contribution in [0.15, 0.2) is 29.3 Å². The van der Waals surface area contributed by atoms with E-state index in [1.807, 2.05) is 13.1 Å². The Morgan fingerprint density at radius 3 is 2.63 bits per heavy atom. The lowest BCUT2D eigenvalue weighted by Gasteiger charge is -2.30. The molecule has 0 amide bonds. The number of hydrogen-bond acceptors (Lipinski definition) is 3. The van der Waals surface area contributed by atoms with Crippen LogP contribution in [-0.2, 0) is 0 Å². The van der Waals surface area contributed by atoms with E-state index in [-0.39, 0.29) is 24.0 Å². The van der Waals surface area contributed by atoms with Crippen molar-refractivity contribution in [1.82, 2.24) is 15.5 Å². The third kappa shape index (κ3) is 6.82. The molecule has 2 fully saturated rings. The van der Waals surface area contributed by atoms with Crippen molar-refractivity contribution in [2.45, 2.75) is 44.6 Å². The van der Waals surface area contributed by atoms with Crippen LogP contribution in [0.1, 0.15) is 50.1 Å². The molecule has 152 valence electrons.